The van der Waals surface area contributed by atoms with E-state index in [9.17, 15) is 14.0 Å². The third-order valence-corrected chi connectivity index (χ3v) is 4.18. The molecule has 0 unspecified atom stereocenters. The molecule has 10 nitrogen and oxygen atoms in total. The third-order valence-electron chi connectivity index (χ3n) is 4.18. The Labute approximate surface area is 171 Å². The van der Waals surface area contributed by atoms with Gasteiger partial charge in [-0.1, -0.05) is 0 Å². The van der Waals surface area contributed by atoms with Gasteiger partial charge in [0.25, 0.3) is 0 Å². The number of carbonyl (C=O) groups is 2. The van der Waals surface area contributed by atoms with Gasteiger partial charge in [0.05, 0.1) is 30.7 Å². The Balaban J connectivity index is 1.71. The topological polar surface area (TPSA) is 146 Å². The second kappa shape index (κ2) is 8.99. The van der Waals surface area contributed by atoms with Crippen molar-refractivity contribution in [2.45, 2.75) is 13.0 Å². The van der Waals surface area contributed by atoms with Crippen LogP contribution in [0.15, 0.2) is 41.6 Å². The number of halogens is 1. The summed E-state index contributed by atoms with van der Waals surface area (Å²) >= 11 is 0. The second-order valence-corrected chi connectivity index (χ2v) is 6.48. The van der Waals surface area contributed by atoms with Crippen molar-refractivity contribution in [1.82, 2.24) is 15.7 Å². The fraction of sp³-hybridized carbons (Fsp3) is 0.211. The maximum atomic E-state index is 14.7. The Morgan fingerprint density at radius 2 is 2.27 bits per heavy atom. The highest BCUT2D eigenvalue weighted by molar-refractivity contribution is 5.90. The molecule has 0 bridgehead atoms. The van der Waals surface area contributed by atoms with Crippen molar-refractivity contribution in [3.05, 3.63) is 47.9 Å². The summed E-state index contributed by atoms with van der Waals surface area (Å²) < 4.78 is 19.9. The fourth-order valence-electron chi connectivity index (χ4n) is 2.79. The molecule has 2 amide bonds. The van der Waals surface area contributed by atoms with Gasteiger partial charge in [-0.15, -0.1) is 0 Å². The molecule has 1 fully saturated rings. The Hall–Kier alpha value is -4.02. The number of nitrogens with two attached hydrogens (primary N) is 1. The van der Waals surface area contributed by atoms with Crippen LogP contribution in [0.4, 0.5) is 14.9 Å². The van der Waals surface area contributed by atoms with Crippen LogP contribution in [0, 0.1) is 11.2 Å². The quantitative estimate of drug-likeness (QED) is 0.318. The Bertz CT molecular complexity index is 994. The molecule has 0 radical (unpaired) electrons. The van der Waals surface area contributed by atoms with Crippen molar-refractivity contribution in [3.63, 3.8) is 0 Å². The average Bonchev–Trinajstić information content (AvgIpc) is 3.07. The lowest BCUT2D eigenvalue weighted by Gasteiger charge is -2.14. The molecular formula is C19H20FN7O3. The minimum absolute atomic E-state index is 0.194. The van der Waals surface area contributed by atoms with Crippen molar-refractivity contribution >= 4 is 29.9 Å². The smallest absolute Gasteiger partial charge is 0.414 e. The first-order valence-electron chi connectivity index (χ1n) is 8.95. The van der Waals surface area contributed by atoms with E-state index in [0.717, 1.165) is 0 Å². The predicted octanol–water partition coefficient (Wildman–Crippen LogP) is 1.17. The molecular weight excluding hydrogens is 393 g/mol. The molecule has 11 heteroatoms. The summed E-state index contributed by atoms with van der Waals surface area (Å²) in [5, 5.41) is 13.3. The number of nitrogens with one attached hydrogen (secondary N) is 3. The SMILES string of the molecule is CC(=O)NC[C@H]1CN(c2ccc(-c3ccc(C=NNC(=N)N)cn3)c(F)c2)C(=O)O1. The van der Waals surface area contributed by atoms with E-state index in [2.05, 4.69) is 20.8 Å². The zero-order valence-corrected chi connectivity index (χ0v) is 16.1. The molecule has 0 aliphatic carbocycles. The summed E-state index contributed by atoms with van der Waals surface area (Å²) in [4.78, 5) is 28.6. The maximum Gasteiger partial charge on any atom is 0.414 e. The number of pyridine rings is 1. The predicted molar refractivity (Wildman–Crippen MR) is 109 cm³/mol. The molecule has 1 aromatic carbocycles. The van der Waals surface area contributed by atoms with E-state index in [1.54, 1.807) is 18.2 Å². The normalized spacial score (nSPS) is 15.9. The lowest BCUT2D eigenvalue weighted by molar-refractivity contribution is -0.119. The number of aromatic nitrogens is 1. The molecule has 1 atom stereocenters. The van der Waals surface area contributed by atoms with Crippen LogP contribution >= 0.6 is 0 Å². The highest BCUT2D eigenvalue weighted by Crippen LogP contribution is 2.28. The molecule has 1 saturated heterocycles. The van der Waals surface area contributed by atoms with Crippen molar-refractivity contribution in [2.75, 3.05) is 18.0 Å². The van der Waals surface area contributed by atoms with Crippen molar-refractivity contribution in [1.29, 1.82) is 5.41 Å². The molecule has 0 saturated carbocycles. The van der Waals surface area contributed by atoms with Gasteiger partial charge in [-0.2, -0.15) is 5.10 Å². The summed E-state index contributed by atoms with van der Waals surface area (Å²) in [6.45, 7) is 1.77. The minimum atomic E-state index is -0.599. The van der Waals surface area contributed by atoms with Gasteiger partial charge < -0.3 is 15.8 Å². The molecule has 156 valence electrons. The molecule has 1 aromatic heterocycles. The minimum Gasteiger partial charge on any atom is -0.442 e. The van der Waals surface area contributed by atoms with Gasteiger partial charge in [-0.3, -0.25) is 20.1 Å². The van der Waals surface area contributed by atoms with Gasteiger partial charge in [-0.25, -0.2) is 14.6 Å². The van der Waals surface area contributed by atoms with E-state index < -0.39 is 18.0 Å². The zero-order chi connectivity index (χ0) is 21.7. The van der Waals surface area contributed by atoms with Crippen LogP contribution in [0.25, 0.3) is 11.3 Å². The molecule has 1 aliphatic heterocycles. The fourth-order valence-corrected chi connectivity index (χ4v) is 2.79. The van der Waals surface area contributed by atoms with Crippen LogP contribution in [0.1, 0.15) is 12.5 Å². The van der Waals surface area contributed by atoms with Crippen LogP contribution in [0.3, 0.4) is 0 Å². The Kier molecular flexibility index (Phi) is 6.20. The van der Waals surface area contributed by atoms with Crippen LogP contribution < -0.4 is 21.4 Å². The summed E-state index contributed by atoms with van der Waals surface area (Å²) in [5.74, 6) is -1.06. The van der Waals surface area contributed by atoms with Gasteiger partial charge in [0, 0.05) is 24.2 Å². The third kappa shape index (κ3) is 5.07. The molecule has 30 heavy (non-hydrogen) atoms. The van der Waals surface area contributed by atoms with Crippen molar-refractivity contribution in [2.24, 2.45) is 10.8 Å². The number of nitrogens with zero attached hydrogens (tertiary/aromatic N) is 3. The molecule has 1 aliphatic rings. The molecule has 2 aromatic rings. The van der Waals surface area contributed by atoms with E-state index in [0.29, 0.717) is 16.9 Å². The Morgan fingerprint density at radius 1 is 1.47 bits per heavy atom. The maximum absolute atomic E-state index is 14.7. The summed E-state index contributed by atoms with van der Waals surface area (Å²) in [6, 6.07) is 7.69. The van der Waals surface area contributed by atoms with Crippen molar-refractivity contribution in [3.8, 4) is 11.3 Å². The standard InChI is InChI=1S/C19H20FN7O3/c1-11(28)23-9-14-10-27(19(29)30-14)13-3-4-15(16(20)6-13)17-5-2-12(7-24-17)8-25-26-18(21)22/h2-8,14H,9-10H2,1H3,(H,23,28)(H4,21,22,26)/t14-/m0/s1. The summed E-state index contributed by atoms with van der Waals surface area (Å²) in [7, 11) is 0. The van der Waals surface area contributed by atoms with Crippen LogP contribution in [0.5, 0.6) is 0 Å². The van der Waals surface area contributed by atoms with Gasteiger partial charge in [0.2, 0.25) is 11.9 Å². The second-order valence-electron chi connectivity index (χ2n) is 6.48. The number of amides is 2. The van der Waals surface area contributed by atoms with E-state index >= 15 is 0 Å². The van der Waals surface area contributed by atoms with Gasteiger partial charge in [0.15, 0.2) is 0 Å². The molecule has 5 N–H and O–H groups in total. The van der Waals surface area contributed by atoms with Crippen molar-refractivity contribution < 1.29 is 18.7 Å². The number of anilines is 1. The van der Waals surface area contributed by atoms with E-state index in [1.165, 1.54) is 36.4 Å². The number of guanidine groups is 1. The monoisotopic (exact) mass is 413 g/mol. The number of rotatable bonds is 6. The number of cyclic esters (lactones) is 1. The number of hydrogen-bond acceptors (Lipinski definition) is 6. The number of hydrazone groups is 1. The lowest BCUT2D eigenvalue weighted by atomic mass is 10.1. The largest absolute Gasteiger partial charge is 0.442 e. The number of carbonyl (C=O) groups excluding carboxylic acids is 2. The molecule has 3 rings (SSSR count). The van der Waals surface area contributed by atoms with E-state index in [1.807, 2.05) is 0 Å². The first-order chi connectivity index (χ1) is 14.3. The van der Waals surface area contributed by atoms with E-state index in [-0.39, 0.29) is 30.5 Å². The van der Waals surface area contributed by atoms with Crippen LogP contribution in [-0.2, 0) is 9.53 Å². The van der Waals surface area contributed by atoms with Gasteiger partial charge in [0.1, 0.15) is 11.9 Å². The van der Waals surface area contributed by atoms with Gasteiger partial charge >= 0.3 is 6.09 Å². The number of benzene rings is 1. The highest BCUT2D eigenvalue weighted by Gasteiger charge is 2.32. The average molecular weight is 413 g/mol. The summed E-state index contributed by atoms with van der Waals surface area (Å²) in [6.07, 6.45) is 1.82. The summed E-state index contributed by atoms with van der Waals surface area (Å²) in [5.41, 5.74) is 9.07. The molecule has 0 spiro atoms. The van der Waals surface area contributed by atoms with Crippen LogP contribution in [-0.4, -0.2) is 48.4 Å². The number of hydrogen-bond donors (Lipinski definition) is 4. The van der Waals surface area contributed by atoms with Crippen LogP contribution in [0.2, 0.25) is 0 Å². The van der Waals surface area contributed by atoms with E-state index in [4.69, 9.17) is 15.9 Å². The first-order valence-corrected chi connectivity index (χ1v) is 8.95. The highest BCUT2D eigenvalue weighted by atomic mass is 19.1. The molecule has 2 heterocycles. The Morgan fingerprint density at radius 3 is 2.90 bits per heavy atom. The first kappa shape index (κ1) is 20.7. The zero-order valence-electron chi connectivity index (χ0n) is 16.1. The van der Waals surface area contributed by atoms with Gasteiger partial charge in [-0.05, 0) is 30.3 Å². The number of ether oxygens (including phenoxy) is 1. The lowest BCUT2D eigenvalue weighted by Crippen LogP contribution is -2.33.